The van der Waals surface area contributed by atoms with Crippen LogP contribution in [-0.4, -0.2) is 63.5 Å². The van der Waals surface area contributed by atoms with Gasteiger partial charge in [0.1, 0.15) is 0 Å². The largest absolute Gasteiger partial charge is 0.303 e. The van der Waals surface area contributed by atoms with Gasteiger partial charge in [-0.3, -0.25) is 4.90 Å². The summed E-state index contributed by atoms with van der Waals surface area (Å²) in [6.45, 7) is 8.56. The monoisotopic (exact) mass is 311 g/mol. The van der Waals surface area contributed by atoms with Gasteiger partial charge in [0.25, 0.3) is 0 Å². The predicted octanol–water partition coefficient (Wildman–Crippen LogP) is 0.991. The molecule has 0 bridgehead atoms. The Hall–Kier alpha value is -0.950. The van der Waals surface area contributed by atoms with Crippen molar-refractivity contribution in [2.75, 3.05) is 39.8 Å². The van der Waals surface area contributed by atoms with Crippen LogP contribution in [0.4, 0.5) is 0 Å². The summed E-state index contributed by atoms with van der Waals surface area (Å²) in [6, 6.07) is 8.51. The minimum atomic E-state index is -3.40. The van der Waals surface area contributed by atoms with E-state index in [0.717, 1.165) is 26.2 Å². The van der Waals surface area contributed by atoms with Gasteiger partial charge in [-0.15, -0.1) is 0 Å². The third-order valence-electron chi connectivity index (χ3n) is 3.99. The second kappa shape index (κ2) is 6.44. The van der Waals surface area contributed by atoms with Gasteiger partial charge in [0.05, 0.1) is 4.90 Å². The average Bonchev–Trinajstić information content (AvgIpc) is 2.41. The van der Waals surface area contributed by atoms with E-state index in [4.69, 9.17) is 0 Å². The number of hydrogen-bond acceptors (Lipinski definition) is 4. The van der Waals surface area contributed by atoms with Crippen molar-refractivity contribution in [2.24, 2.45) is 0 Å². The molecule has 2 rings (SSSR count). The summed E-state index contributed by atoms with van der Waals surface area (Å²) in [5.74, 6) is 0. The highest BCUT2D eigenvalue weighted by molar-refractivity contribution is 7.89. The molecule has 1 N–H and O–H groups in total. The summed E-state index contributed by atoms with van der Waals surface area (Å²) >= 11 is 0. The van der Waals surface area contributed by atoms with Crippen molar-refractivity contribution in [1.82, 2.24) is 14.5 Å². The Morgan fingerprint density at radius 3 is 2.48 bits per heavy atom. The van der Waals surface area contributed by atoms with Crippen molar-refractivity contribution in [3.8, 4) is 0 Å². The average molecular weight is 311 g/mol. The van der Waals surface area contributed by atoms with E-state index in [1.54, 1.807) is 24.3 Å². The van der Waals surface area contributed by atoms with Crippen LogP contribution >= 0.6 is 0 Å². The number of nitrogens with one attached hydrogen (secondary N) is 1. The van der Waals surface area contributed by atoms with Gasteiger partial charge in [-0.1, -0.05) is 18.2 Å². The normalized spacial score (nSPS) is 20.5. The van der Waals surface area contributed by atoms with Crippen LogP contribution in [0.3, 0.4) is 0 Å². The number of piperazine rings is 1. The molecular formula is C15H25N3O2S. The third kappa shape index (κ3) is 4.26. The van der Waals surface area contributed by atoms with Crippen LogP contribution < -0.4 is 4.72 Å². The van der Waals surface area contributed by atoms with Crippen molar-refractivity contribution in [3.05, 3.63) is 30.3 Å². The maximum atomic E-state index is 12.1. The van der Waals surface area contributed by atoms with E-state index in [9.17, 15) is 8.42 Å². The quantitative estimate of drug-likeness (QED) is 0.881. The van der Waals surface area contributed by atoms with Crippen LogP contribution in [0.2, 0.25) is 0 Å². The molecule has 0 unspecified atom stereocenters. The molecule has 1 fully saturated rings. The Labute approximate surface area is 128 Å². The first-order valence-electron chi connectivity index (χ1n) is 7.30. The van der Waals surface area contributed by atoms with E-state index in [2.05, 4.69) is 35.4 Å². The molecule has 0 aromatic heterocycles. The molecule has 118 valence electrons. The molecule has 1 heterocycles. The Balaban J connectivity index is 1.90. The summed E-state index contributed by atoms with van der Waals surface area (Å²) in [7, 11) is -1.27. The zero-order chi connectivity index (χ0) is 15.5. The molecule has 6 heteroatoms. The van der Waals surface area contributed by atoms with Crippen LogP contribution in [0.5, 0.6) is 0 Å². The fraction of sp³-hybridized carbons (Fsp3) is 0.600. The van der Waals surface area contributed by atoms with Crippen LogP contribution in [0.25, 0.3) is 0 Å². The molecule has 0 saturated carbocycles. The van der Waals surface area contributed by atoms with Gasteiger partial charge in [0.15, 0.2) is 0 Å². The summed E-state index contributed by atoms with van der Waals surface area (Å²) in [4.78, 5) is 4.98. The van der Waals surface area contributed by atoms with Gasteiger partial charge in [0, 0.05) is 38.3 Å². The second-order valence-corrected chi connectivity index (χ2v) is 8.02. The fourth-order valence-corrected chi connectivity index (χ4v) is 3.89. The van der Waals surface area contributed by atoms with Crippen LogP contribution in [0.1, 0.15) is 13.8 Å². The molecule has 0 radical (unpaired) electrons. The molecule has 1 aromatic carbocycles. The number of hydrogen-bond donors (Lipinski definition) is 1. The van der Waals surface area contributed by atoms with Gasteiger partial charge in [-0.25, -0.2) is 13.1 Å². The number of benzene rings is 1. The molecule has 1 aromatic rings. The molecule has 0 spiro atoms. The van der Waals surface area contributed by atoms with E-state index in [0.29, 0.717) is 11.4 Å². The molecule has 0 amide bonds. The van der Waals surface area contributed by atoms with Crippen molar-refractivity contribution in [3.63, 3.8) is 0 Å². The zero-order valence-corrected chi connectivity index (χ0v) is 13.9. The number of rotatable bonds is 5. The first kappa shape index (κ1) is 16.4. The molecule has 0 atom stereocenters. The van der Waals surface area contributed by atoms with Gasteiger partial charge >= 0.3 is 0 Å². The Bertz CT molecular complexity index is 558. The number of likely N-dealkylation sites (N-methyl/N-ethyl adjacent to an activating group) is 1. The Kier molecular flexibility index (Phi) is 5.03. The van der Waals surface area contributed by atoms with E-state index in [1.165, 1.54) is 0 Å². The molecular weight excluding hydrogens is 286 g/mol. The SMILES string of the molecule is CN1CCN(CCNS(=O)(=O)c2ccccc2)C(C)(C)C1. The highest BCUT2D eigenvalue weighted by Gasteiger charge is 2.31. The summed E-state index contributed by atoms with van der Waals surface area (Å²) in [6.07, 6.45) is 0. The molecule has 5 nitrogen and oxygen atoms in total. The lowest BCUT2D eigenvalue weighted by Gasteiger charge is -2.46. The van der Waals surface area contributed by atoms with E-state index < -0.39 is 10.0 Å². The first-order chi connectivity index (χ1) is 9.81. The molecule has 1 aliphatic rings. The maximum Gasteiger partial charge on any atom is 0.240 e. The molecule has 0 aliphatic carbocycles. The molecule has 21 heavy (non-hydrogen) atoms. The highest BCUT2D eigenvalue weighted by Crippen LogP contribution is 2.19. The smallest absolute Gasteiger partial charge is 0.240 e. The minimum Gasteiger partial charge on any atom is -0.303 e. The Morgan fingerprint density at radius 2 is 1.86 bits per heavy atom. The lowest BCUT2D eigenvalue weighted by atomic mass is 9.99. The second-order valence-electron chi connectivity index (χ2n) is 6.25. The van der Waals surface area contributed by atoms with Gasteiger partial charge < -0.3 is 4.90 Å². The first-order valence-corrected chi connectivity index (χ1v) is 8.78. The van der Waals surface area contributed by atoms with Gasteiger partial charge in [0.2, 0.25) is 10.0 Å². The predicted molar refractivity (Wildman–Crippen MR) is 84.8 cm³/mol. The summed E-state index contributed by atoms with van der Waals surface area (Å²) in [5.41, 5.74) is 0.0746. The highest BCUT2D eigenvalue weighted by atomic mass is 32.2. The van der Waals surface area contributed by atoms with Gasteiger partial charge in [-0.05, 0) is 33.0 Å². The molecule has 1 saturated heterocycles. The topological polar surface area (TPSA) is 52.6 Å². The zero-order valence-electron chi connectivity index (χ0n) is 13.0. The van der Waals surface area contributed by atoms with E-state index in [-0.39, 0.29) is 5.54 Å². The van der Waals surface area contributed by atoms with Crippen LogP contribution in [0, 0.1) is 0 Å². The minimum absolute atomic E-state index is 0.0746. The van der Waals surface area contributed by atoms with Crippen LogP contribution in [-0.2, 0) is 10.0 Å². The lowest BCUT2D eigenvalue weighted by molar-refractivity contribution is 0.0337. The van der Waals surface area contributed by atoms with Gasteiger partial charge in [-0.2, -0.15) is 0 Å². The van der Waals surface area contributed by atoms with E-state index in [1.807, 2.05) is 6.07 Å². The fourth-order valence-electron chi connectivity index (χ4n) is 2.85. The summed E-state index contributed by atoms with van der Waals surface area (Å²) < 4.78 is 27.0. The lowest BCUT2D eigenvalue weighted by Crippen LogP contribution is -2.59. The standard InChI is InChI=1S/C15H25N3O2S/c1-15(2)13-17(3)11-12-18(15)10-9-16-21(19,20)14-7-5-4-6-8-14/h4-8,16H,9-13H2,1-3H3. The number of sulfonamides is 1. The maximum absolute atomic E-state index is 12.1. The molecule has 1 aliphatic heterocycles. The van der Waals surface area contributed by atoms with E-state index >= 15 is 0 Å². The van der Waals surface area contributed by atoms with Crippen molar-refractivity contribution in [2.45, 2.75) is 24.3 Å². The van der Waals surface area contributed by atoms with Crippen molar-refractivity contribution in [1.29, 1.82) is 0 Å². The van der Waals surface area contributed by atoms with Crippen molar-refractivity contribution < 1.29 is 8.42 Å². The van der Waals surface area contributed by atoms with Crippen LogP contribution in [0.15, 0.2) is 35.2 Å². The van der Waals surface area contributed by atoms with Crippen molar-refractivity contribution >= 4 is 10.0 Å². The third-order valence-corrected chi connectivity index (χ3v) is 5.47. The summed E-state index contributed by atoms with van der Waals surface area (Å²) in [5, 5.41) is 0. The number of nitrogens with zero attached hydrogens (tertiary/aromatic N) is 2. The Morgan fingerprint density at radius 1 is 1.19 bits per heavy atom.